The van der Waals surface area contributed by atoms with Gasteiger partial charge in [0, 0.05) is 11.8 Å². The summed E-state index contributed by atoms with van der Waals surface area (Å²) in [6, 6.07) is 8.38. The molecule has 0 aliphatic heterocycles. The maximum Gasteiger partial charge on any atom is 0.259 e. The van der Waals surface area contributed by atoms with Crippen LogP contribution >= 0.6 is 0 Å². The first-order valence-corrected chi connectivity index (χ1v) is 5.60. The molecule has 0 unspecified atom stereocenters. The maximum absolute atomic E-state index is 11.9. The number of amides is 1. The van der Waals surface area contributed by atoms with Crippen LogP contribution in [0.2, 0.25) is 0 Å². The molecule has 0 saturated heterocycles. The van der Waals surface area contributed by atoms with Gasteiger partial charge >= 0.3 is 0 Å². The number of carbonyl (C=O) groups is 1. The van der Waals surface area contributed by atoms with Gasteiger partial charge in [-0.25, -0.2) is 0 Å². The fourth-order valence-corrected chi connectivity index (χ4v) is 1.59. The van der Waals surface area contributed by atoms with Gasteiger partial charge in [-0.1, -0.05) is 6.07 Å². The van der Waals surface area contributed by atoms with E-state index in [9.17, 15) is 20.1 Å². The number of phenols is 3. The van der Waals surface area contributed by atoms with Crippen LogP contribution in [0.1, 0.15) is 15.9 Å². The number of rotatable bonds is 2. The van der Waals surface area contributed by atoms with E-state index in [0.29, 0.717) is 11.3 Å². The van der Waals surface area contributed by atoms with Crippen LogP contribution in [0.4, 0.5) is 5.69 Å². The second kappa shape index (κ2) is 4.89. The lowest BCUT2D eigenvalue weighted by atomic mass is 10.1. The van der Waals surface area contributed by atoms with E-state index >= 15 is 0 Å². The highest BCUT2D eigenvalue weighted by Gasteiger charge is 2.12. The molecule has 19 heavy (non-hydrogen) atoms. The monoisotopic (exact) mass is 259 g/mol. The lowest BCUT2D eigenvalue weighted by Gasteiger charge is -2.08. The van der Waals surface area contributed by atoms with Gasteiger partial charge in [-0.05, 0) is 36.8 Å². The zero-order chi connectivity index (χ0) is 14.0. The molecule has 2 rings (SSSR count). The Hall–Kier alpha value is -2.69. The van der Waals surface area contributed by atoms with E-state index in [0.717, 1.165) is 0 Å². The van der Waals surface area contributed by atoms with Crippen LogP contribution in [0.5, 0.6) is 17.2 Å². The van der Waals surface area contributed by atoms with Crippen molar-refractivity contribution in [2.45, 2.75) is 6.92 Å². The summed E-state index contributed by atoms with van der Waals surface area (Å²) in [7, 11) is 0. The fourth-order valence-electron chi connectivity index (χ4n) is 1.59. The Balaban J connectivity index is 2.25. The second-order valence-corrected chi connectivity index (χ2v) is 4.16. The Morgan fingerprint density at radius 2 is 1.74 bits per heavy atom. The molecule has 0 aliphatic rings. The number of carbonyl (C=O) groups excluding carboxylic acids is 1. The standard InChI is InChI=1S/C14H13NO4/c1-8-2-3-9(6-13(8)18)15-14(19)11-7-10(16)4-5-12(11)17/h2-7,16-18H,1H3,(H,15,19). The number of aryl methyl sites for hydroxylation is 1. The van der Waals surface area contributed by atoms with Gasteiger partial charge in [0.15, 0.2) is 0 Å². The normalized spacial score (nSPS) is 10.2. The SMILES string of the molecule is Cc1ccc(NC(=O)c2cc(O)ccc2O)cc1O. The third-order valence-electron chi connectivity index (χ3n) is 2.69. The Labute approximate surface area is 109 Å². The molecule has 0 radical (unpaired) electrons. The van der Waals surface area contributed by atoms with Crippen molar-refractivity contribution in [1.29, 1.82) is 0 Å². The summed E-state index contributed by atoms with van der Waals surface area (Å²) >= 11 is 0. The highest BCUT2D eigenvalue weighted by molar-refractivity contribution is 6.06. The van der Waals surface area contributed by atoms with Gasteiger partial charge in [0.05, 0.1) is 5.56 Å². The molecular formula is C14H13NO4. The summed E-state index contributed by atoms with van der Waals surface area (Å²) in [5.41, 5.74) is 1.05. The van der Waals surface area contributed by atoms with Gasteiger partial charge in [-0.2, -0.15) is 0 Å². The third kappa shape index (κ3) is 2.77. The Morgan fingerprint density at radius 3 is 2.42 bits per heavy atom. The maximum atomic E-state index is 11.9. The van der Waals surface area contributed by atoms with Crippen LogP contribution in [0.25, 0.3) is 0 Å². The van der Waals surface area contributed by atoms with Crippen molar-refractivity contribution < 1.29 is 20.1 Å². The summed E-state index contributed by atoms with van der Waals surface area (Å²) in [5, 5.41) is 30.9. The molecular weight excluding hydrogens is 246 g/mol. The molecule has 0 bridgehead atoms. The van der Waals surface area contributed by atoms with Crippen LogP contribution in [0.3, 0.4) is 0 Å². The van der Waals surface area contributed by atoms with Gasteiger partial charge in [-0.3, -0.25) is 4.79 Å². The molecule has 2 aromatic carbocycles. The van der Waals surface area contributed by atoms with Crippen LogP contribution in [0, 0.1) is 6.92 Å². The highest BCUT2D eigenvalue weighted by atomic mass is 16.3. The smallest absolute Gasteiger partial charge is 0.259 e. The van der Waals surface area contributed by atoms with E-state index in [2.05, 4.69) is 5.32 Å². The minimum Gasteiger partial charge on any atom is -0.508 e. The fraction of sp³-hybridized carbons (Fsp3) is 0.0714. The lowest BCUT2D eigenvalue weighted by molar-refractivity contribution is 0.102. The number of phenolic OH excluding ortho intramolecular Hbond substituents is 3. The van der Waals surface area contributed by atoms with Crippen molar-refractivity contribution in [3.63, 3.8) is 0 Å². The minimum absolute atomic E-state index is 0.0416. The number of anilines is 1. The number of hydrogen-bond donors (Lipinski definition) is 4. The zero-order valence-electron chi connectivity index (χ0n) is 10.2. The highest BCUT2D eigenvalue weighted by Crippen LogP contribution is 2.25. The third-order valence-corrected chi connectivity index (χ3v) is 2.69. The Kier molecular flexibility index (Phi) is 3.29. The quantitative estimate of drug-likeness (QED) is 0.623. The number of hydrogen-bond acceptors (Lipinski definition) is 4. The first kappa shape index (κ1) is 12.8. The average molecular weight is 259 g/mol. The molecule has 0 spiro atoms. The largest absolute Gasteiger partial charge is 0.508 e. The zero-order valence-corrected chi connectivity index (χ0v) is 10.2. The predicted molar refractivity (Wildman–Crippen MR) is 70.6 cm³/mol. The molecule has 0 atom stereocenters. The summed E-state index contributed by atoms with van der Waals surface area (Å²) < 4.78 is 0. The number of nitrogens with one attached hydrogen (secondary N) is 1. The minimum atomic E-state index is -0.573. The summed E-state index contributed by atoms with van der Waals surface area (Å²) in [6.45, 7) is 1.74. The average Bonchev–Trinajstić information content (AvgIpc) is 2.36. The first-order valence-electron chi connectivity index (χ1n) is 5.60. The van der Waals surface area contributed by atoms with Crippen LogP contribution in [0.15, 0.2) is 36.4 Å². The summed E-state index contributed by atoms with van der Waals surface area (Å²) in [4.78, 5) is 11.9. The molecule has 5 nitrogen and oxygen atoms in total. The number of benzene rings is 2. The van der Waals surface area contributed by atoms with Crippen molar-refractivity contribution in [2.24, 2.45) is 0 Å². The van der Waals surface area contributed by atoms with E-state index in [-0.39, 0.29) is 22.8 Å². The molecule has 0 heterocycles. The van der Waals surface area contributed by atoms with Crippen molar-refractivity contribution in [3.05, 3.63) is 47.5 Å². The first-order chi connectivity index (χ1) is 8.97. The van der Waals surface area contributed by atoms with Crippen molar-refractivity contribution >= 4 is 11.6 Å². The van der Waals surface area contributed by atoms with E-state index < -0.39 is 5.91 Å². The second-order valence-electron chi connectivity index (χ2n) is 4.16. The summed E-state index contributed by atoms with van der Waals surface area (Å²) in [5.74, 6) is -0.851. The molecule has 0 fully saturated rings. The summed E-state index contributed by atoms with van der Waals surface area (Å²) in [6.07, 6.45) is 0. The molecule has 4 N–H and O–H groups in total. The van der Waals surface area contributed by atoms with Crippen molar-refractivity contribution in [3.8, 4) is 17.2 Å². The van der Waals surface area contributed by atoms with Crippen molar-refractivity contribution in [2.75, 3.05) is 5.32 Å². The van der Waals surface area contributed by atoms with Gasteiger partial charge in [0.2, 0.25) is 0 Å². The molecule has 5 heteroatoms. The molecule has 0 aromatic heterocycles. The Morgan fingerprint density at radius 1 is 1.00 bits per heavy atom. The van der Waals surface area contributed by atoms with Gasteiger partial charge < -0.3 is 20.6 Å². The molecule has 98 valence electrons. The predicted octanol–water partition coefficient (Wildman–Crippen LogP) is 2.36. The Bertz CT molecular complexity index is 637. The van der Waals surface area contributed by atoms with Crippen molar-refractivity contribution in [1.82, 2.24) is 0 Å². The van der Waals surface area contributed by atoms with Crippen LogP contribution < -0.4 is 5.32 Å². The molecule has 0 saturated carbocycles. The van der Waals surface area contributed by atoms with Gasteiger partial charge in [0.25, 0.3) is 5.91 Å². The lowest BCUT2D eigenvalue weighted by Crippen LogP contribution is -2.12. The van der Waals surface area contributed by atoms with Gasteiger partial charge in [-0.15, -0.1) is 0 Å². The van der Waals surface area contributed by atoms with Crippen LogP contribution in [-0.4, -0.2) is 21.2 Å². The molecule has 1 amide bonds. The number of aromatic hydroxyl groups is 3. The van der Waals surface area contributed by atoms with E-state index in [1.165, 1.54) is 24.3 Å². The molecule has 0 aliphatic carbocycles. The van der Waals surface area contributed by atoms with E-state index in [1.807, 2.05) is 0 Å². The van der Waals surface area contributed by atoms with Gasteiger partial charge in [0.1, 0.15) is 17.2 Å². The van der Waals surface area contributed by atoms with E-state index in [1.54, 1.807) is 19.1 Å². The molecule has 2 aromatic rings. The topological polar surface area (TPSA) is 89.8 Å². The van der Waals surface area contributed by atoms with E-state index in [4.69, 9.17) is 0 Å². The van der Waals surface area contributed by atoms with Crippen LogP contribution in [-0.2, 0) is 0 Å².